The van der Waals surface area contributed by atoms with Gasteiger partial charge in [-0.3, -0.25) is 0 Å². The second-order valence-corrected chi connectivity index (χ2v) is 7.99. The van der Waals surface area contributed by atoms with E-state index in [-0.39, 0.29) is 4.90 Å². The molecule has 0 aliphatic carbocycles. The molecule has 4 nitrogen and oxygen atoms in total. The van der Waals surface area contributed by atoms with Crippen molar-refractivity contribution in [1.29, 1.82) is 0 Å². The zero-order valence-electron chi connectivity index (χ0n) is 13.1. The molecule has 2 aromatic carbocycles. The van der Waals surface area contributed by atoms with Crippen molar-refractivity contribution in [3.8, 4) is 0 Å². The van der Waals surface area contributed by atoms with Crippen LogP contribution in [0, 0.1) is 6.92 Å². The molecule has 1 fully saturated rings. The fourth-order valence-electron chi connectivity index (χ4n) is 2.90. The Morgan fingerprint density at radius 3 is 2.30 bits per heavy atom. The summed E-state index contributed by atoms with van der Waals surface area (Å²) in [7, 11) is -3.83. The van der Waals surface area contributed by atoms with Gasteiger partial charge in [0.15, 0.2) is 0 Å². The van der Waals surface area contributed by atoms with Crippen molar-refractivity contribution in [2.75, 3.05) is 0 Å². The van der Waals surface area contributed by atoms with E-state index in [0.29, 0.717) is 6.42 Å². The lowest BCUT2D eigenvalue weighted by Crippen LogP contribution is -2.38. The summed E-state index contributed by atoms with van der Waals surface area (Å²) in [6, 6.07) is 15.8. The molecule has 0 radical (unpaired) electrons. The maximum atomic E-state index is 13.1. The van der Waals surface area contributed by atoms with Gasteiger partial charge < -0.3 is 9.84 Å². The molecule has 0 saturated carbocycles. The van der Waals surface area contributed by atoms with Crippen molar-refractivity contribution < 1.29 is 18.3 Å². The monoisotopic (exact) mass is 332 g/mol. The molecule has 1 heterocycles. The average molecular weight is 332 g/mol. The number of hydrogen-bond donors (Lipinski definition) is 1. The Labute approximate surface area is 136 Å². The highest BCUT2D eigenvalue weighted by molar-refractivity contribution is 7.93. The zero-order chi connectivity index (χ0) is 16.7. The summed E-state index contributed by atoms with van der Waals surface area (Å²) in [6.45, 7) is 3.65. The van der Waals surface area contributed by atoms with Gasteiger partial charge in [0.1, 0.15) is 12.2 Å². The molecule has 5 heteroatoms. The fourth-order valence-corrected chi connectivity index (χ4v) is 4.93. The highest BCUT2D eigenvalue weighted by Crippen LogP contribution is 2.57. The van der Waals surface area contributed by atoms with Gasteiger partial charge in [-0.05, 0) is 31.0 Å². The second kappa shape index (κ2) is 5.74. The number of sulfone groups is 1. The predicted molar refractivity (Wildman–Crippen MR) is 87.7 cm³/mol. The van der Waals surface area contributed by atoms with Crippen molar-refractivity contribution in [3.63, 3.8) is 0 Å². The molecule has 0 aromatic heterocycles. The number of hydrogen-bond acceptors (Lipinski definition) is 4. The third-order valence-electron chi connectivity index (χ3n) is 4.32. The molecule has 1 aliphatic heterocycles. The highest BCUT2D eigenvalue weighted by Gasteiger charge is 2.70. The summed E-state index contributed by atoms with van der Waals surface area (Å²) in [5.41, 5.74) is 1.74. The molecule has 122 valence electrons. The molecule has 1 saturated heterocycles. The van der Waals surface area contributed by atoms with Crippen LogP contribution >= 0.6 is 0 Å². The van der Waals surface area contributed by atoms with Crippen molar-refractivity contribution >= 4 is 9.84 Å². The number of ether oxygens (including phenoxy) is 1. The second-order valence-electron chi connectivity index (χ2n) is 5.87. The molecule has 0 amide bonds. The number of epoxide rings is 1. The Hall–Kier alpha value is -1.69. The highest BCUT2D eigenvalue weighted by atomic mass is 32.2. The van der Waals surface area contributed by atoms with E-state index in [9.17, 15) is 13.5 Å². The van der Waals surface area contributed by atoms with Gasteiger partial charge in [-0.1, -0.05) is 55.0 Å². The number of rotatable bonds is 5. The molecule has 0 bridgehead atoms. The first-order chi connectivity index (χ1) is 10.9. The Morgan fingerprint density at radius 2 is 1.74 bits per heavy atom. The summed E-state index contributed by atoms with van der Waals surface area (Å²) < 4.78 is 31.9. The first-order valence-electron chi connectivity index (χ1n) is 7.65. The van der Waals surface area contributed by atoms with Crippen LogP contribution in [0.1, 0.15) is 30.6 Å². The van der Waals surface area contributed by atoms with Gasteiger partial charge >= 0.3 is 0 Å². The minimum atomic E-state index is -3.83. The minimum Gasteiger partial charge on any atom is -0.389 e. The van der Waals surface area contributed by atoms with E-state index < -0.39 is 27.0 Å². The van der Waals surface area contributed by atoms with Crippen molar-refractivity contribution in [3.05, 3.63) is 65.7 Å². The first-order valence-corrected chi connectivity index (χ1v) is 9.14. The van der Waals surface area contributed by atoms with Crippen LogP contribution in [-0.4, -0.2) is 24.6 Å². The molecular formula is C18H20O4S. The van der Waals surface area contributed by atoms with Crippen molar-refractivity contribution in [2.24, 2.45) is 0 Å². The number of benzene rings is 2. The molecule has 3 rings (SSSR count). The van der Waals surface area contributed by atoms with E-state index in [1.807, 2.05) is 37.3 Å². The van der Waals surface area contributed by atoms with Gasteiger partial charge in [0.25, 0.3) is 0 Å². The van der Waals surface area contributed by atoms with Gasteiger partial charge in [0, 0.05) is 0 Å². The van der Waals surface area contributed by atoms with Gasteiger partial charge in [-0.25, -0.2) is 8.42 Å². The van der Waals surface area contributed by atoms with Gasteiger partial charge in [0.2, 0.25) is 14.8 Å². The molecule has 3 atom stereocenters. The summed E-state index contributed by atoms with van der Waals surface area (Å²) in [4.78, 5) is -1.42. The van der Waals surface area contributed by atoms with Crippen LogP contribution in [0.25, 0.3) is 0 Å². The van der Waals surface area contributed by atoms with E-state index in [4.69, 9.17) is 4.74 Å². The van der Waals surface area contributed by atoms with Gasteiger partial charge in [-0.15, -0.1) is 0 Å². The fraction of sp³-hybridized carbons (Fsp3) is 0.333. The van der Waals surface area contributed by atoms with E-state index in [1.165, 1.54) is 0 Å². The summed E-state index contributed by atoms with van der Waals surface area (Å²) in [6.07, 6.45) is -1.43. The molecule has 1 aliphatic rings. The molecule has 0 unspecified atom stereocenters. The van der Waals surface area contributed by atoms with Crippen molar-refractivity contribution in [1.82, 2.24) is 0 Å². The third-order valence-corrected chi connectivity index (χ3v) is 6.63. The summed E-state index contributed by atoms with van der Waals surface area (Å²) in [5.74, 6) is 0. The molecule has 2 aromatic rings. The standard InChI is InChI=1S/C18H20O4S/c1-3-16(19)18(17(22-18)14-7-5-4-6-8-14)23(20,21)15-11-9-13(2)10-12-15/h4-12,16-17,19H,3H2,1-2H3/t16-,17-,18-/m1/s1. The third kappa shape index (κ3) is 2.49. The number of aliphatic hydroxyl groups excluding tert-OH is 1. The van der Waals surface area contributed by atoms with Gasteiger partial charge in [-0.2, -0.15) is 0 Å². The van der Waals surface area contributed by atoms with Crippen molar-refractivity contribution in [2.45, 2.75) is 42.3 Å². The largest absolute Gasteiger partial charge is 0.389 e. The van der Waals surface area contributed by atoms with Crippen LogP contribution in [-0.2, 0) is 14.6 Å². The number of aryl methyl sites for hydroxylation is 1. The molecule has 23 heavy (non-hydrogen) atoms. The van der Waals surface area contributed by atoms with E-state index >= 15 is 0 Å². The zero-order valence-corrected chi connectivity index (χ0v) is 14.0. The van der Waals surface area contributed by atoms with Crippen LogP contribution < -0.4 is 0 Å². The topological polar surface area (TPSA) is 66.9 Å². The van der Waals surface area contributed by atoms with Crippen LogP contribution in [0.15, 0.2) is 59.5 Å². The molecular weight excluding hydrogens is 312 g/mol. The number of aliphatic hydroxyl groups is 1. The van der Waals surface area contributed by atoms with Crippen LogP contribution in [0.4, 0.5) is 0 Å². The average Bonchev–Trinajstić information content (AvgIpc) is 3.33. The SMILES string of the molecule is CC[C@@H](O)[C@]1(S(=O)(=O)c2ccc(C)cc2)O[C@@H]1c1ccccc1. The Balaban J connectivity index is 2.06. The van der Waals surface area contributed by atoms with E-state index in [0.717, 1.165) is 11.1 Å². The maximum absolute atomic E-state index is 13.1. The Bertz CT molecular complexity index is 784. The lowest BCUT2D eigenvalue weighted by atomic mass is 10.1. The normalized spacial score (nSPS) is 25.1. The Morgan fingerprint density at radius 1 is 1.13 bits per heavy atom. The predicted octanol–water partition coefficient (Wildman–Crippen LogP) is 3.01. The minimum absolute atomic E-state index is 0.175. The first kappa shape index (κ1) is 16.2. The van der Waals surface area contributed by atoms with Crippen LogP contribution in [0.2, 0.25) is 0 Å². The lowest BCUT2D eigenvalue weighted by molar-refractivity contribution is 0.111. The quantitative estimate of drug-likeness (QED) is 0.855. The van der Waals surface area contributed by atoms with Crippen LogP contribution in [0.5, 0.6) is 0 Å². The molecule has 0 spiro atoms. The van der Waals surface area contributed by atoms with E-state index in [2.05, 4.69) is 0 Å². The molecule has 1 N–H and O–H groups in total. The smallest absolute Gasteiger partial charge is 0.230 e. The van der Waals surface area contributed by atoms with Gasteiger partial charge in [0.05, 0.1) is 4.90 Å². The summed E-state index contributed by atoms with van der Waals surface area (Å²) in [5, 5.41) is 10.4. The van der Waals surface area contributed by atoms with Crippen LogP contribution in [0.3, 0.4) is 0 Å². The van der Waals surface area contributed by atoms with E-state index in [1.54, 1.807) is 31.2 Å². The Kier molecular flexibility index (Phi) is 4.04. The lowest BCUT2D eigenvalue weighted by Gasteiger charge is -2.19. The summed E-state index contributed by atoms with van der Waals surface area (Å²) >= 11 is 0. The maximum Gasteiger partial charge on any atom is 0.230 e.